The lowest BCUT2D eigenvalue weighted by Crippen LogP contribution is -2.09. The van der Waals surface area contributed by atoms with Crippen LogP contribution in [-0.2, 0) is 4.74 Å². The number of para-hydroxylation sites is 1. The molecule has 2 N–H and O–H groups in total. The van der Waals surface area contributed by atoms with Gasteiger partial charge in [0.15, 0.2) is 0 Å². The summed E-state index contributed by atoms with van der Waals surface area (Å²) >= 11 is 0. The molecule has 0 aliphatic heterocycles. The van der Waals surface area contributed by atoms with E-state index in [0.717, 1.165) is 0 Å². The van der Waals surface area contributed by atoms with Crippen molar-refractivity contribution < 1.29 is 4.74 Å². The lowest BCUT2D eigenvalue weighted by Gasteiger charge is -2.08. The topological polar surface area (TPSA) is 82.9 Å². The summed E-state index contributed by atoms with van der Waals surface area (Å²) in [6.07, 6.45) is 1.65. The summed E-state index contributed by atoms with van der Waals surface area (Å²) in [5.41, 5.74) is 1.23. The second-order valence-corrected chi connectivity index (χ2v) is 3.97. The Kier molecular flexibility index (Phi) is 4.87. The van der Waals surface area contributed by atoms with Gasteiger partial charge in [0, 0.05) is 19.9 Å². The van der Waals surface area contributed by atoms with Gasteiger partial charge in [-0.25, -0.2) is 4.98 Å². The lowest BCUT2D eigenvalue weighted by molar-refractivity contribution is 0.210. The maximum atomic E-state index is 9.04. The van der Waals surface area contributed by atoms with Gasteiger partial charge in [-0.05, 0) is 18.2 Å². The van der Waals surface area contributed by atoms with Gasteiger partial charge in [0.25, 0.3) is 0 Å². The third-order valence-electron chi connectivity index (χ3n) is 2.56. The Labute approximate surface area is 117 Å². The van der Waals surface area contributed by atoms with Crippen molar-refractivity contribution in [2.75, 3.05) is 30.9 Å². The Balaban J connectivity index is 2.10. The van der Waals surface area contributed by atoms with Crippen LogP contribution in [0.3, 0.4) is 0 Å². The number of benzene rings is 1. The predicted molar refractivity (Wildman–Crippen MR) is 76.8 cm³/mol. The van der Waals surface area contributed by atoms with E-state index in [9.17, 15) is 0 Å². The summed E-state index contributed by atoms with van der Waals surface area (Å²) < 4.78 is 4.96. The molecular weight excluding hydrogens is 254 g/mol. The van der Waals surface area contributed by atoms with Crippen LogP contribution in [0.2, 0.25) is 0 Å². The van der Waals surface area contributed by atoms with Gasteiger partial charge in [0.2, 0.25) is 5.95 Å². The largest absolute Gasteiger partial charge is 0.383 e. The molecule has 0 bridgehead atoms. The van der Waals surface area contributed by atoms with Crippen molar-refractivity contribution in [2.45, 2.75) is 0 Å². The highest BCUT2D eigenvalue weighted by Crippen LogP contribution is 2.18. The number of anilines is 3. The molecule has 6 heteroatoms. The van der Waals surface area contributed by atoms with Crippen molar-refractivity contribution in [1.82, 2.24) is 9.97 Å². The number of nitrogens with zero attached hydrogens (tertiary/aromatic N) is 3. The monoisotopic (exact) mass is 269 g/mol. The Bertz CT molecular complexity index is 609. The van der Waals surface area contributed by atoms with Gasteiger partial charge in [-0.1, -0.05) is 12.1 Å². The van der Waals surface area contributed by atoms with E-state index >= 15 is 0 Å². The van der Waals surface area contributed by atoms with E-state index in [1.165, 1.54) is 0 Å². The number of methoxy groups -OCH3 is 1. The first kappa shape index (κ1) is 13.8. The van der Waals surface area contributed by atoms with Crippen molar-refractivity contribution in [3.63, 3.8) is 0 Å². The lowest BCUT2D eigenvalue weighted by atomic mass is 10.2. The van der Waals surface area contributed by atoms with Gasteiger partial charge in [-0.3, -0.25) is 0 Å². The molecule has 2 aromatic rings. The molecule has 0 saturated heterocycles. The van der Waals surface area contributed by atoms with Crippen molar-refractivity contribution in [2.24, 2.45) is 0 Å². The molecule has 0 amide bonds. The quantitative estimate of drug-likeness (QED) is 0.782. The molecule has 102 valence electrons. The van der Waals surface area contributed by atoms with Gasteiger partial charge in [-0.2, -0.15) is 10.2 Å². The van der Waals surface area contributed by atoms with Crippen LogP contribution in [0.1, 0.15) is 5.56 Å². The molecule has 0 radical (unpaired) electrons. The van der Waals surface area contributed by atoms with Crippen molar-refractivity contribution in [3.05, 3.63) is 42.1 Å². The van der Waals surface area contributed by atoms with Crippen LogP contribution in [0.5, 0.6) is 0 Å². The molecule has 0 fully saturated rings. The number of hydrogen-bond donors (Lipinski definition) is 2. The average Bonchev–Trinajstić information content (AvgIpc) is 2.48. The van der Waals surface area contributed by atoms with E-state index < -0.39 is 0 Å². The van der Waals surface area contributed by atoms with E-state index in [1.54, 1.807) is 25.4 Å². The van der Waals surface area contributed by atoms with E-state index in [2.05, 4.69) is 26.7 Å². The van der Waals surface area contributed by atoms with E-state index in [4.69, 9.17) is 10.00 Å². The molecule has 0 saturated carbocycles. The molecule has 1 aromatic heterocycles. The number of aromatic nitrogens is 2. The molecule has 1 aromatic carbocycles. The molecule has 0 spiro atoms. The molecule has 20 heavy (non-hydrogen) atoms. The molecule has 0 atom stereocenters. The second-order valence-electron chi connectivity index (χ2n) is 3.97. The summed E-state index contributed by atoms with van der Waals surface area (Å²) in [7, 11) is 1.65. The van der Waals surface area contributed by atoms with Crippen LogP contribution in [0.25, 0.3) is 0 Å². The molecule has 0 unspecified atom stereocenters. The smallest absolute Gasteiger partial charge is 0.229 e. The number of ether oxygens (including phenoxy) is 1. The predicted octanol–water partition coefficient (Wildman–Crippen LogP) is 2.15. The fourth-order valence-electron chi connectivity index (χ4n) is 1.61. The van der Waals surface area contributed by atoms with Crippen LogP contribution >= 0.6 is 0 Å². The molecule has 0 aliphatic rings. The highest BCUT2D eigenvalue weighted by atomic mass is 16.5. The van der Waals surface area contributed by atoms with E-state index in [0.29, 0.717) is 36.2 Å². The van der Waals surface area contributed by atoms with Crippen molar-refractivity contribution >= 4 is 17.5 Å². The highest BCUT2D eigenvalue weighted by Gasteiger charge is 2.03. The number of rotatable bonds is 6. The average molecular weight is 269 g/mol. The van der Waals surface area contributed by atoms with Crippen LogP contribution in [0.4, 0.5) is 17.5 Å². The standard InChI is InChI=1S/C14H15N5O/c1-20-9-8-16-13-6-7-17-14(19-13)18-12-5-3-2-4-11(12)10-15/h2-7H,8-9H2,1H3,(H2,16,17,18,19). The van der Waals surface area contributed by atoms with Gasteiger partial charge < -0.3 is 15.4 Å². The summed E-state index contributed by atoms with van der Waals surface area (Å²) in [5.74, 6) is 1.14. The van der Waals surface area contributed by atoms with Gasteiger partial charge in [-0.15, -0.1) is 0 Å². The number of nitrogens with one attached hydrogen (secondary N) is 2. The third-order valence-corrected chi connectivity index (χ3v) is 2.56. The number of nitriles is 1. The summed E-state index contributed by atoms with van der Waals surface area (Å²) in [6.45, 7) is 1.27. The minimum Gasteiger partial charge on any atom is -0.383 e. The SMILES string of the molecule is COCCNc1ccnc(Nc2ccccc2C#N)n1. The highest BCUT2D eigenvalue weighted by molar-refractivity contribution is 5.63. The second kappa shape index (κ2) is 7.07. The zero-order chi connectivity index (χ0) is 14.2. The Morgan fingerprint density at radius 1 is 1.30 bits per heavy atom. The summed E-state index contributed by atoms with van der Waals surface area (Å²) in [6, 6.07) is 11.1. The normalized spacial score (nSPS) is 9.80. The maximum Gasteiger partial charge on any atom is 0.229 e. The van der Waals surface area contributed by atoms with Crippen LogP contribution in [0.15, 0.2) is 36.5 Å². The van der Waals surface area contributed by atoms with Crippen LogP contribution in [-0.4, -0.2) is 30.2 Å². The summed E-state index contributed by atoms with van der Waals surface area (Å²) in [5, 5.41) is 15.2. The zero-order valence-corrected chi connectivity index (χ0v) is 11.1. The van der Waals surface area contributed by atoms with Gasteiger partial charge in [0.05, 0.1) is 17.9 Å². The molecule has 6 nitrogen and oxygen atoms in total. The fourth-order valence-corrected chi connectivity index (χ4v) is 1.61. The van der Waals surface area contributed by atoms with E-state index in [1.807, 2.05) is 18.2 Å². The molecule has 1 heterocycles. The first-order valence-corrected chi connectivity index (χ1v) is 6.15. The van der Waals surface area contributed by atoms with Crippen LogP contribution < -0.4 is 10.6 Å². The molecular formula is C14H15N5O. The first-order chi connectivity index (χ1) is 9.83. The number of hydrogen-bond acceptors (Lipinski definition) is 6. The molecule has 0 aliphatic carbocycles. The van der Waals surface area contributed by atoms with Gasteiger partial charge >= 0.3 is 0 Å². The fraction of sp³-hybridized carbons (Fsp3) is 0.214. The maximum absolute atomic E-state index is 9.04. The van der Waals surface area contributed by atoms with Crippen LogP contribution in [0, 0.1) is 11.3 Å². The Morgan fingerprint density at radius 3 is 2.95 bits per heavy atom. The Hall–Kier alpha value is -2.65. The van der Waals surface area contributed by atoms with Gasteiger partial charge in [0.1, 0.15) is 11.9 Å². The summed E-state index contributed by atoms with van der Waals surface area (Å²) in [4.78, 5) is 8.45. The zero-order valence-electron chi connectivity index (χ0n) is 11.1. The third kappa shape index (κ3) is 3.67. The van der Waals surface area contributed by atoms with Crippen molar-refractivity contribution in [1.29, 1.82) is 5.26 Å². The molecule has 2 rings (SSSR count). The van der Waals surface area contributed by atoms with Crippen molar-refractivity contribution in [3.8, 4) is 6.07 Å². The minimum absolute atomic E-state index is 0.440. The van der Waals surface area contributed by atoms with E-state index in [-0.39, 0.29) is 0 Å². The minimum atomic E-state index is 0.440. The first-order valence-electron chi connectivity index (χ1n) is 6.15. The Morgan fingerprint density at radius 2 is 2.15 bits per heavy atom.